The highest BCUT2D eigenvalue weighted by atomic mass is 19.1. The number of rotatable bonds is 4. The molecule has 1 aromatic heterocycles. The quantitative estimate of drug-likeness (QED) is 0.763. The summed E-state index contributed by atoms with van der Waals surface area (Å²) in [5.74, 6) is -0.975. The first-order chi connectivity index (χ1) is 13.2. The minimum atomic E-state index is -0.526. The Morgan fingerprint density at radius 2 is 1.85 bits per heavy atom. The van der Waals surface area contributed by atoms with E-state index in [0.717, 1.165) is 37.2 Å². The van der Waals surface area contributed by atoms with Crippen LogP contribution in [0.4, 0.5) is 10.1 Å². The molecule has 2 heterocycles. The lowest BCUT2D eigenvalue weighted by Gasteiger charge is -2.29. The van der Waals surface area contributed by atoms with Gasteiger partial charge in [-0.25, -0.2) is 4.39 Å². The van der Waals surface area contributed by atoms with Crippen LogP contribution in [0.1, 0.15) is 27.0 Å². The summed E-state index contributed by atoms with van der Waals surface area (Å²) in [4.78, 5) is 19.1. The van der Waals surface area contributed by atoms with Crippen molar-refractivity contribution < 1.29 is 9.18 Å². The maximum absolute atomic E-state index is 13.9. The second-order valence-corrected chi connectivity index (χ2v) is 6.70. The van der Waals surface area contributed by atoms with Crippen LogP contribution in [-0.4, -0.2) is 22.3 Å². The number of pyridine rings is 1. The highest BCUT2D eigenvalue weighted by Crippen LogP contribution is 2.26. The number of amides is 1. The molecule has 1 aliphatic heterocycles. The first-order valence-corrected chi connectivity index (χ1v) is 8.98. The highest BCUT2D eigenvalue weighted by Gasteiger charge is 2.21. The van der Waals surface area contributed by atoms with Crippen LogP contribution in [0.2, 0.25) is 0 Å². The number of aromatic nitrogens is 1. The van der Waals surface area contributed by atoms with E-state index in [1.807, 2.05) is 24.4 Å². The molecule has 0 bridgehead atoms. The molecule has 1 aliphatic rings. The van der Waals surface area contributed by atoms with E-state index in [2.05, 4.69) is 27.3 Å². The number of halogens is 1. The van der Waals surface area contributed by atoms with E-state index in [9.17, 15) is 9.18 Å². The van der Waals surface area contributed by atoms with E-state index < -0.39 is 11.7 Å². The summed E-state index contributed by atoms with van der Waals surface area (Å²) in [5.41, 5.74) is 4.16. The van der Waals surface area contributed by atoms with Gasteiger partial charge in [0.05, 0.1) is 17.4 Å². The molecule has 2 aromatic carbocycles. The van der Waals surface area contributed by atoms with E-state index in [4.69, 9.17) is 0 Å². The minimum Gasteiger partial charge on any atom is -0.320 e. The second-order valence-electron chi connectivity index (χ2n) is 6.70. The Labute approximate surface area is 157 Å². The Morgan fingerprint density at radius 1 is 1.07 bits per heavy atom. The first-order valence-electron chi connectivity index (χ1n) is 8.98. The Balaban J connectivity index is 1.50. The summed E-state index contributed by atoms with van der Waals surface area (Å²) in [6.07, 6.45) is 4.31. The van der Waals surface area contributed by atoms with Crippen molar-refractivity contribution in [1.82, 2.24) is 9.88 Å². The molecule has 0 atom stereocenters. The molecule has 0 saturated carbocycles. The number of carbonyl (C=O) groups is 1. The molecule has 4 rings (SSSR count). The van der Waals surface area contributed by atoms with Gasteiger partial charge >= 0.3 is 0 Å². The zero-order chi connectivity index (χ0) is 18.6. The SMILES string of the molecule is O=C(Nc1cncc2c1CCN(Cc1ccccc1)C2)c1ccccc1F. The summed E-state index contributed by atoms with van der Waals surface area (Å²) in [6.45, 7) is 2.56. The van der Waals surface area contributed by atoms with Crippen molar-refractivity contribution in [3.63, 3.8) is 0 Å². The fourth-order valence-corrected chi connectivity index (χ4v) is 3.47. The van der Waals surface area contributed by atoms with Gasteiger partial charge in [-0.2, -0.15) is 0 Å². The summed E-state index contributed by atoms with van der Waals surface area (Å²) in [6, 6.07) is 16.3. The van der Waals surface area contributed by atoms with Gasteiger partial charge in [0, 0.05) is 25.8 Å². The Bertz CT molecular complexity index is 959. The monoisotopic (exact) mass is 361 g/mol. The van der Waals surface area contributed by atoms with Crippen molar-refractivity contribution >= 4 is 11.6 Å². The number of hydrogen-bond acceptors (Lipinski definition) is 3. The van der Waals surface area contributed by atoms with E-state index in [-0.39, 0.29) is 5.56 Å². The van der Waals surface area contributed by atoms with Crippen LogP contribution in [0.15, 0.2) is 67.0 Å². The lowest BCUT2D eigenvalue weighted by atomic mass is 9.99. The van der Waals surface area contributed by atoms with Crippen LogP contribution in [0.25, 0.3) is 0 Å². The number of nitrogens with zero attached hydrogens (tertiary/aromatic N) is 2. The van der Waals surface area contributed by atoms with Gasteiger partial charge in [0.25, 0.3) is 5.91 Å². The molecular weight excluding hydrogens is 341 g/mol. The number of nitrogens with one attached hydrogen (secondary N) is 1. The van der Waals surface area contributed by atoms with Gasteiger partial charge in [0.2, 0.25) is 0 Å². The lowest BCUT2D eigenvalue weighted by molar-refractivity contribution is 0.102. The molecule has 0 unspecified atom stereocenters. The number of anilines is 1. The van der Waals surface area contributed by atoms with Crippen molar-refractivity contribution in [2.75, 3.05) is 11.9 Å². The van der Waals surface area contributed by atoms with Crippen LogP contribution in [0, 0.1) is 5.82 Å². The first kappa shape index (κ1) is 17.4. The van der Waals surface area contributed by atoms with Gasteiger partial charge < -0.3 is 5.32 Å². The molecule has 4 nitrogen and oxygen atoms in total. The molecule has 5 heteroatoms. The fourth-order valence-electron chi connectivity index (χ4n) is 3.47. The molecule has 1 N–H and O–H groups in total. The number of fused-ring (bicyclic) bond motifs is 1. The molecule has 0 saturated heterocycles. The van der Waals surface area contributed by atoms with Gasteiger partial charge in [-0.1, -0.05) is 42.5 Å². The summed E-state index contributed by atoms with van der Waals surface area (Å²) >= 11 is 0. The molecule has 0 fully saturated rings. The minimum absolute atomic E-state index is 0.0385. The Morgan fingerprint density at radius 3 is 2.67 bits per heavy atom. The van der Waals surface area contributed by atoms with Gasteiger partial charge in [-0.3, -0.25) is 14.7 Å². The molecule has 0 spiro atoms. The predicted octanol–water partition coefficient (Wildman–Crippen LogP) is 4.03. The molecule has 27 heavy (non-hydrogen) atoms. The largest absolute Gasteiger partial charge is 0.320 e. The van der Waals surface area contributed by atoms with Crippen LogP contribution in [0.5, 0.6) is 0 Å². The maximum atomic E-state index is 13.9. The Hall–Kier alpha value is -3.05. The van der Waals surface area contributed by atoms with E-state index >= 15 is 0 Å². The van der Waals surface area contributed by atoms with E-state index in [1.165, 1.54) is 17.7 Å². The molecule has 0 aliphatic carbocycles. The third-order valence-corrected chi connectivity index (χ3v) is 4.83. The zero-order valence-electron chi connectivity index (χ0n) is 14.9. The molecule has 136 valence electrons. The third-order valence-electron chi connectivity index (χ3n) is 4.83. The van der Waals surface area contributed by atoms with Gasteiger partial charge in [-0.15, -0.1) is 0 Å². The van der Waals surface area contributed by atoms with Crippen molar-refractivity contribution in [2.45, 2.75) is 19.5 Å². The molecule has 0 radical (unpaired) electrons. The smallest absolute Gasteiger partial charge is 0.258 e. The van der Waals surface area contributed by atoms with Gasteiger partial charge in [0.15, 0.2) is 0 Å². The van der Waals surface area contributed by atoms with Crippen molar-refractivity contribution in [3.8, 4) is 0 Å². The van der Waals surface area contributed by atoms with E-state index in [0.29, 0.717) is 5.69 Å². The zero-order valence-corrected chi connectivity index (χ0v) is 14.9. The van der Waals surface area contributed by atoms with Crippen LogP contribution in [0.3, 0.4) is 0 Å². The van der Waals surface area contributed by atoms with Gasteiger partial charge in [0.1, 0.15) is 5.82 Å². The van der Waals surface area contributed by atoms with Crippen molar-refractivity contribution in [1.29, 1.82) is 0 Å². The van der Waals surface area contributed by atoms with Gasteiger partial charge in [-0.05, 0) is 35.2 Å². The third kappa shape index (κ3) is 3.88. The number of hydrogen-bond donors (Lipinski definition) is 1. The van der Waals surface area contributed by atoms with E-state index in [1.54, 1.807) is 18.3 Å². The fraction of sp³-hybridized carbons (Fsp3) is 0.182. The summed E-state index contributed by atoms with van der Waals surface area (Å²) in [5, 5.41) is 2.83. The lowest BCUT2D eigenvalue weighted by Crippen LogP contribution is -2.31. The number of carbonyl (C=O) groups excluding carboxylic acids is 1. The van der Waals surface area contributed by atoms with Crippen LogP contribution < -0.4 is 5.32 Å². The highest BCUT2D eigenvalue weighted by molar-refractivity contribution is 6.04. The average Bonchev–Trinajstić information content (AvgIpc) is 2.69. The van der Waals surface area contributed by atoms with Crippen LogP contribution in [-0.2, 0) is 19.5 Å². The van der Waals surface area contributed by atoms with Crippen molar-refractivity contribution in [2.24, 2.45) is 0 Å². The summed E-state index contributed by atoms with van der Waals surface area (Å²) in [7, 11) is 0. The molecule has 3 aromatic rings. The second kappa shape index (κ2) is 7.68. The van der Waals surface area contributed by atoms with Crippen LogP contribution >= 0.6 is 0 Å². The maximum Gasteiger partial charge on any atom is 0.258 e. The van der Waals surface area contributed by atoms with Crippen molar-refractivity contribution in [3.05, 3.63) is 95.1 Å². The standard InChI is InChI=1S/C22H20FN3O/c23-20-9-5-4-8-19(20)22(27)25-21-13-24-12-17-15-26(11-10-18(17)21)14-16-6-2-1-3-7-16/h1-9,12-13H,10-11,14-15H2,(H,25,27). The Kier molecular flexibility index (Phi) is 4.94. The molecule has 1 amide bonds. The predicted molar refractivity (Wildman–Crippen MR) is 103 cm³/mol. The molecular formula is C22H20FN3O. The normalized spacial score (nSPS) is 13.8. The topological polar surface area (TPSA) is 45.2 Å². The average molecular weight is 361 g/mol. The summed E-state index contributed by atoms with van der Waals surface area (Å²) < 4.78 is 13.9. The number of benzene rings is 2.